The fourth-order valence-electron chi connectivity index (χ4n) is 1.60. The average molecular weight is 260 g/mol. The number of nitrogens with zero attached hydrogens (tertiary/aromatic N) is 2. The van der Waals surface area contributed by atoms with Crippen molar-refractivity contribution in [3.63, 3.8) is 0 Å². The highest BCUT2D eigenvalue weighted by atomic mass is 16.5. The van der Waals surface area contributed by atoms with Crippen LogP contribution < -0.4 is 20.7 Å². The zero-order valence-corrected chi connectivity index (χ0v) is 11.1. The minimum atomic E-state index is 0.477. The molecule has 19 heavy (non-hydrogen) atoms. The number of aromatic nitrogens is 2. The molecule has 0 radical (unpaired) electrons. The van der Waals surface area contributed by atoms with E-state index in [9.17, 15) is 0 Å². The highest BCUT2D eigenvalue weighted by Crippen LogP contribution is 2.27. The summed E-state index contributed by atoms with van der Waals surface area (Å²) in [6.07, 6.45) is 0. The molecule has 1 aromatic carbocycles. The minimum Gasteiger partial charge on any atom is -0.497 e. The van der Waals surface area contributed by atoms with E-state index in [1.165, 1.54) is 0 Å². The molecule has 1 heterocycles. The van der Waals surface area contributed by atoms with Crippen LogP contribution in [-0.4, -0.2) is 17.1 Å². The lowest BCUT2D eigenvalue weighted by Gasteiger charge is -2.11. The predicted octanol–water partition coefficient (Wildman–Crippen LogP) is 2.18. The van der Waals surface area contributed by atoms with Crippen LogP contribution in [0.4, 0.5) is 5.82 Å². The van der Waals surface area contributed by atoms with Gasteiger partial charge >= 0.3 is 0 Å². The fraction of sp³-hybridized carbons (Fsp3) is 0.231. The number of anilines is 1. The molecular weight excluding hydrogens is 244 g/mol. The van der Waals surface area contributed by atoms with Crippen molar-refractivity contribution in [3.05, 3.63) is 35.7 Å². The molecule has 2 rings (SSSR count). The van der Waals surface area contributed by atoms with Gasteiger partial charge in [-0.25, -0.2) is 10.8 Å². The quantitative estimate of drug-likeness (QED) is 0.647. The van der Waals surface area contributed by atoms with Crippen LogP contribution in [-0.2, 0) is 0 Å². The van der Waals surface area contributed by atoms with Crippen molar-refractivity contribution in [1.82, 2.24) is 9.97 Å². The largest absolute Gasteiger partial charge is 0.497 e. The molecule has 6 heteroatoms. The second kappa shape index (κ2) is 5.53. The molecule has 1 aromatic heterocycles. The number of nitrogens with two attached hydrogens (primary N) is 1. The van der Waals surface area contributed by atoms with Gasteiger partial charge in [0.15, 0.2) is 0 Å². The molecule has 0 aliphatic carbocycles. The predicted molar refractivity (Wildman–Crippen MR) is 72.4 cm³/mol. The Bertz CT molecular complexity index is 570. The third-order valence-corrected chi connectivity index (χ3v) is 2.62. The van der Waals surface area contributed by atoms with Gasteiger partial charge in [0.1, 0.15) is 23.1 Å². The molecule has 3 N–H and O–H groups in total. The van der Waals surface area contributed by atoms with Gasteiger partial charge in [-0.15, -0.1) is 0 Å². The molecule has 0 fully saturated rings. The molecule has 2 aromatic rings. The van der Waals surface area contributed by atoms with Gasteiger partial charge in [-0.1, -0.05) is 0 Å². The van der Waals surface area contributed by atoms with Crippen molar-refractivity contribution in [1.29, 1.82) is 0 Å². The van der Waals surface area contributed by atoms with E-state index in [0.29, 0.717) is 23.3 Å². The Kier molecular flexibility index (Phi) is 3.82. The SMILES string of the molecule is COc1ccc(Oc2nc(C)nc(NN)c2C)cc1. The Balaban J connectivity index is 2.29. The first kappa shape index (κ1) is 13.1. The van der Waals surface area contributed by atoms with E-state index in [1.807, 2.05) is 31.2 Å². The molecule has 0 spiro atoms. The van der Waals surface area contributed by atoms with E-state index in [2.05, 4.69) is 15.4 Å². The van der Waals surface area contributed by atoms with Crippen LogP contribution in [0, 0.1) is 13.8 Å². The number of rotatable bonds is 4. The Morgan fingerprint density at radius 3 is 2.26 bits per heavy atom. The molecule has 0 bridgehead atoms. The highest BCUT2D eigenvalue weighted by Gasteiger charge is 2.10. The van der Waals surface area contributed by atoms with E-state index in [0.717, 1.165) is 11.3 Å². The third kappa shape index (κ3) is 2.92. The number of ether oxygens (including phenoxy) is 2. The van der Waals surface area contributed by atoms with E-state index in [4.69, 9.17) is 15.3 Å². The van der Waals surface area contributed by atoms with Gasteiger partial charge in [0.05, 0.1) is 12.7 Å². The number of nitrogens with one attached hydrogen (secondary N) is 1. The summed E-state index contributed by atoms with van der Waals surface area (Å²) in [4.78, 5) is 8.43. The standard InChI is InChI=1S/C13H16N4O2/c1-8-12(17-14)15-9(2)16-13(8)19-11-6-4-10(18-3)5-7-11/h4-7H,14H2,1-3H3,(H,15,16,17). The topological polar surface area (TPSA) is 82.3 Å². The number of hydrogen-bond donors (Lipinski definition) is 2. The molecule has 0 saturated heterocycles. The Morgan fingerprint density at radius 1 is 1.05 bits per heavy atom. The van der Waals surface area contributed by atoms with E-state index >= 15 is 0 Å². The first-order valence-electron chi connectivity index (χ1n) is 5.78. The summed E-state index contributed by atoms with van der Waals surface area (Å²) in [7, 11) is 1.62. The Morgan fingerprint density at radius 2 is 1.68 bits per heavy atom. The summed E-state index contributed by atoms with van der Waals surface area (Å²) in [6, 6.07) is 7.26. The van der Waals surface area contributed by atoms with Crippen LogP contribution in [0.15, 0.2) is 24.3 Å². The zero-order valence-electron chi connectivity index (χ0n) is 11.1. The number of methoxy groups -OCH3 is 1. The number of hydrogen-bond acceptors (Lipinski definition) is 6. The first-order valence-corrected chi connectivity index (χ1v) is 5.78. The summed E-state index contributed by atoms with van der Waals surface area (Å²) in [5, 5.41) is 0. The van der Waals surface area contributed by atoms with Crippen LogP contribution in [0.5, 0.6) is 17.4 Å². The molecule has 0 aliphatic rings. The molecule has 6 nitrogen and oxygen atoms in total. The monoisotopic (exact) mass is 260 g/mol. The maximum Gasteiger partial charge on any atom is 0.227 e. The molecule has 0 saturated carbocycles. The van der Waals surface area contributed by atoms with Crippen LogP contribution >= 0.6 is 0 Å². The highest BCUT2D eigenvalue weighted by molar-refractivity contribution is 5.48. The van der Waals surface area contributed by atoms with Gasteiger partial charge < -0.3 is 14.9 Å². The second-order valence-electron chi connectivity index (χ2n) is 3.97. The molecule has 100 valence electrons. The molecule has 0 amide bonds. The van der Waals surface area contributed by atoms with Gasteiger partial charge in [-0.3, -0.25) is 0 Å². The number of hydrazine groups is 1. The summed E-state index contributed by atoms with van der Waals surface area (Å²) in [5.74, 6) is 8.46. The lowest BCUT2D eigenvalue weighted by atomic mass is 10.3. The summed E-state index contributed by atoms with van der Waals surface area (Å²) >= 11 is 0. The average Bonchev–Trinajstić information content (AvgIpc) is 2.43. The van der Waals surface area contributed by atoms with Crippen LogP contribution in [0.2, 0.25) is 0 Å². The molecule has 0 aliphatic heterocycles. The Hall–Kier alpha value is -2.34. The lowest BCUT2D eigenvalue weighted by Crippen LogP contribution is -2.12. The summed E-state index contributed by atoms with van der Waals surface area (Å²) in [6.45, 7) is 3.62. The van der Waals surface area contributed by atoms with Gasteiger partial charge in [-0.2, -0.15) is 4.98 Å². The number of nitrogen functional groups attached to an aromatic ring is 1. The van der Waals surface area contributed by atoms with Crippen molar-refractivity contribution >= 4 is 5.82 Å². The van der Waals surface area contributed by atoms with Crippen molar-refractivity contribution < 1.29 is 9.47 Å². The maximum atomic E-state index is 5.73. The fourth-order valence-corrected chi connectivity index (χ4v) is 1.60. The second-order valence-corrected chi connectivity index (χ2v) is 3.97. The van der Waals surface area contributed by atoms with E-state index in [-0.39, 0.29) is 0 Å². The molecular formula is C13H16N4O2. The Labute approximate surface area is 111 Å². The van der Waals surface area contributed by atoms with E-state index < -0.39 is 0 Å². The summed E-state index contributed by atoms with van der Waals surface area (Å²) in [5.41, 5.74) is 3.28. The van der Waals surface area contributed by atoms with Crippen LogP contribution in [0.1, 0.15) is 11.4 Å². The third-order valence-electron chi connectivity index (χ3n) is 2.62. The zero-order chi connectivity index (χ0) is 13.8. The molecule has 0 atom stereocenters. The maximum absolute atomic E-state index is 5.73. The number of aryl methyl sites for hydroxylation is 1. The summed E-state index contributed by atoms with van der Waals surface area (Å²) < 4.78 is 10.8. The van der Waals surface area contributed by atoms with Crippen LogP contribution in [0.3, 0.4) is 0 Å². The van der Waals surface area contributed by atoms with E-state index in [1.54, 1.807) is 14.0 Å². The van der Waals surface area contributed by atoms with Crippen molar-refractivity contribution in [3.8, 4) is 17.4 Å². The van der Waals surface area contributed by atoms with Crippen molar-refractivity contribution in [2.24, 2.45) is 5.84 Å². The van der Waals surface area contributed by atoms with Gasteiger partial charge in [0.25, 0.3) is 0 Å². The first-order chi connectivity index (χ1) is 9.13. The van der Waals surface area contributed by atoms with Gasteiger partial charge in [0.2, 0.25) is 5.88 Å². The normalized spacial score (nSPS) is 10.1. The lowest BCUT2D eigenvalue weighted by molar-refractivity contribution is 0.412. The van der Waals surface area contributed by atoms with Crippen molar-refractivity contribution in [2.45, 2.75) is 13.8 Å². The smallest absolute Gasteiger partial charge is 0.227 e. The molecule has 0 unspecified atom stereocenters. The van der Waals surface area contributed by atoms with Crippen molar-refractivity contribution in [2.75, 3.05) is 12.5 Å². The van der Waals surface area contributed by atoms with Crippen LogP contribution in [0.25, 0.3) is 0 Å². The van der Waals surface area contributed by atoms with Gasteiger partial charge in [-0.05, 0) is 38.1 Å². The number of benzene rings is 1. The van der Waals surface area contributed by atoms with Gasteiger partial charge in [0, 0.05) is 0 Å². The minimum absolute atomic E-state index is 0.477.